The Morgan fingerprint density at radius 2 is 1.71 bits per heavy atom. The van der Waals surface area contributed by atoms with Crippen LogP contribution in [0.2, 0.25) is 0 Å². The Labute approximate surface area is 143 Å². The minimum atomic E-state index is -0.799. The number of amides is 4. The summed E-state index contributed by atoms with van der Waals surface area (Å²) >= 11 is 1.67. The Morgan fingerprint density at radius 1 is 1.04 bits per heavy atom. The van der Waals surface area contributed by atoms with Gasteiger partial charge in [-0.1, -0.05) is 36.0 Å². The molecule has 3 rings (SSSR count). The topological polar surface area (TPSA) is 78.5 Å². The van der Waals surface area contributed by atoms with Crippen LogP contribution in [0.4, 0.5) is 10.5 Å². The summed E-state index contributed by atoms with van der Waals surface area (Å²) in [7, 11) is 0. The van der Waals surface area contributed by atoms with Crippen LogP contribution < -0.4 is 15.5 Å². The molecule has 24 heavy (non-hydrogen) atoms. The Bertz CT molecular complexity index is 789. The number of hydrogen-bond acceptors (Lipinski definition) is 5. The van der Waals surface area contributed by atoms with Gasteiger partial charge in [0.1, 0.15) is 5.57 Å². The summed E-state index contributed by atoms with van der Waals surface area (Å²) in [6.07, 6.45) is 6.68. The van der Waals surface area contributed by atoms with Gasteiger partial charge in [-0.3, -0.25) is 20.2 Å². The van der Waals surface area contributed by atoms with Gasteiger partial charge in [-0.05, 0) is 31.2 Å². The predicted molar refractivity (Wildman–Crippen MR) is 92.3 cm³/mol. The van der Waals surface area contributed by atoms with Gasteiger partial charge < -0.3 is 4.90 Å². The first-order valence-electron chi connectivity index (χ1n) is 7.40. The molecule has 1 saturated heterocycles. The number of benzene rings is 1. The molecule has 0 radical (unpaired) electrons. The standard InChI is InChI=1S/C17H15N3O3S/c1-2-20-12-8-4-5-9-13(12)24-14(20)10-6-3-7-11-15(21)18-17(23)19-16(11)22/h3-10H,2H2,1H3,(H2,18,19,21,22,23)/b6-3+,14-10-. The van der Waals surface area contributed by atoms with Crippen molar-refractivity contribution >= 4 is 35.3 Å². The lowest BCUT2D eigenvalue weighted by atomic mass is 10.2. The molecule has 1 aromatic carbocycles. The summed E-state index contributed by atoms with van der Waals surface area (Å²) < 4.78 is 0. The second-order valence-corrected chi connectivity index (χ2v) is 6.08. The van der Waals surface area contributed by atoms with E-state index in [4.69, 9.17) is 0 Å². The molecule has 4 amide bonds. The molecular formula is C17H15N3O3S. The van der Waals surface area contributed by atoms with Gasteiger partial charge in [0.25, 0.3) is 11.8 Å². The van der Waals surface area contributed by atoms with Gasteiger partial charge in [-0.2, -0.15) is 0 Å². The third-order valence-electron chi connectivity index (χ3n) is 3.51. The quantitative estimate of drug-likeness (QED) is 0.651. The van der Waals surface area contributed by atoms with Gasteiger partial charge in [0.15, 0.2) is 0 Å². The number of fused-ring (bicyclic) bond motifs is 1. The molecule has 6 nitrogen and oxygen atoms in total. The largest absolute Gasteiger partial charge is 0.335 e. The van der Waals surface area contributed by atoms with Crippen molar-refractivity contribution < 1.29 is 14.4 Å². The smallest absolute Gasteiger partial charge is 0.328 e. The van der Waals surface area contributed by atoms with E-state index < -0.39 is 17.8 Å². The summed E-state index contributed by atoms with van der Waals surface area (Å²) in [6, 6.07) is 7.36. The fourth-order valence-electron chi connectivity index (χ4n) is 2.42. The van der Waals surface area contributed by atoms with Crippen molar-refractivity contribution in [3.05, 3.63) is 59.2 Å². The number of carbonyl (C=O) groups is 3. The number of thioether (sulfide) groups is 1. The van der Waals surface area contributed by atoms with Crippen molar-refractivity contribution in [1.29, 1.82) is 0 Å². The Morgan fingerprint density at radius 3 is 2.42 bits per heavy atom. The molecule has 0 aliphatic carbocycles. The van der Waals surface area contributed by atoms with Gasteiger partial charge >= 0.3 is 6.03 Å². The summed E-state index contributed by atoms with van der Waals surface area (Å²) in [6.45, 7) is 2.92. The zero-order valence-corrected chi connectivity index (χ0v) is 13.7. The minimum absolute atomic E-state index is 0.0982. The monoisotopic (exact) mass is 341 g/mol. The third-order valence-corrected chi connectivity index (χ3v) is 4.64. The van der Waals surface area contributed by atoms with Crippen molar-refractivity contribution in [2.75, 3.05) is 11.4 Å². The molecule has 2 aliphatic rings. The Hall–Kier alpha value is -2.80. The number of barbiturate groups is 1. The molecule has 2 aliphatic heterocycles. The third kappa shape index (κ3) is 3.11. The molecule has 0 aromatic heterocycles. The van der Waals surface area contributed by atoms with Crippen LogP contribution in [-0.2, 0) is 9.59 Å². The molecule has 7 heteroatoms. The molecule has 0 spiro atoms. The Kier molecular flexibility index (Phi) is 4.52. The maximum atomic E-state index is 11.6. The van der Waals surface area contributed by atoms with Crippen LogP contribution in [0.25, 0.3) is 0 Å². The molecule has 122 valence electrons. The highest BCUT2D eigenvalue weighted by Crippen LogP contribution is 2.45. The number of carbonyl (C=O) groups excluding carboxylic acids is 3. The van der Waals surface area contributed by atoms with Gasteiger partial charge in [0.05, 0.1) is 10.7 Å². The van der Waals surface area contributed by atoms with E-state index in [9.17, 15) is 14.4 Å². The van der Waals surface area contributed by atoms with E-state index in [2.05, 4.69) is 24.0 Å². The van der Waals surface area contributed by atoms with Crippen LogP contribution in [0.1, 0.15) is 6.92 Å². The first-order valence-corrected chi connectivity index (χ1v) is 8.21. The number of nitrogens with one attached hydrogen (secondary N) is 2. The SMILES string of the molecule is CCN1/C(=C/C=C/C=C2C(=O)NC(=O)NC2=O)Sc2ccccc21. The number of urea groups is 1. The lowest BCUT2D eigenvalue weighted by Crippen LogP contribution is -2.51. The summed E-state index contributed by atoms with van der Waals surface area (Å²) in [5.41, 5.74) is 1.08. The van der Waals surface area contributed by atoms with Crippen molar-refractivity contribution in [1.82, 2.24) is 10.6 Å². The minimum Gasteiger partial charge on any atom is -0.335 e. The molecule has 1 aromatic rings. The number of nitrogens with zero attached hydrogens (tertiary/aromatic N) is 1. The van der Waals surface area contributed by atoms with Gasteiger partial charge in [0.2, 0.25) is 0 Å². The second-order valence-electron chi connectivity index (χ2n) is 5.02. The summed E-state index contributed by atoms with van der Waals surface area (Å²) in [5, 5.41) is 5.13. The van der Waals surface area contributed by atoms with E-state index in [1.54, 1.807) is 23.9 Å². The molecule has 2 heterocycles. The molecule has 1 fully saturated rings. The average molecular weight is 341 g/mol. The maximum absolute atomic E-state index is 11.6. The van der Waals surface area contributed by atoms with Crippen LogP contribution >= 0.6 is 11.8 Å². The van der Waals surface area contributed by atoms with E-state index in [-0.39, 0.29) is 5.57 Å². The zero-order chi connectivity index (χ0) is 17.1. The van der Waals surface area contributed by atoms with Gasteiger partial charge in [0, 0.05) is 11.4 Å². The van der Waals surface area contributed by atoms with E-state index in [0.29, 0.717) is 0 Å². The zero-order valence-electron chi connectivity index (χ0n) is 12.9. The van der Waals surface area contributed by atoms with Gasteiger partial charge in [-0.15, -0.1) is 0 Å². The second kappa shape index (κ2) is 6.76. The number of imide groups is 2. The number of para-hydroxylation sites is 1. The van der Waals surface area contributed by atoms with E-state index in [1.165, 1.54) is 16.7 Å². The summed E-state index contributed by atoms with van der Waals surface area (Å²) in [5.74, 6) is -1.39. The number of allylic oxidation sites excluding steroid dienone is 4. The van der Waals surface area contributed by atoms with Crippen LogP contribution in [0.15, 0.2) is 64.1 Å². The van der Waals surface area contributed by atoms with Crippen LogP contribution in [0, 0.1) is 0 Å². The predicted octanol–water partition coefficient (Wildman–Crippen LogP) is 2.31. The molecule has 0 atom stereocenters. The molecular weight excluding hydrogens is 326 g/mol. The van der Waals surface area contributed by atoms with Crippen LogP contribution in [0.5, 0.6) is 0 Å². The molecule has 2 N–H and O–H groups in total. The highest BCUT2D eigenvalue weighted by Gasteiger charge is 2.27. The average Bonchev–Trinajstić information content (AvgIpc) is 2.90. The molecule has 0 unspecified atom stereocenters. The normalized spacial score (nSPS) is 18.9. The maximum Gasteiger partial charge on any atom is 0.328 e. The number of rotatable bonds is 3. The van der Waals surface area contributed by atoms with Crippen molar-refractivity contribution in [2.45, 2.75) is 11.8 Å². The highest BCUT2D eigenvalue weighted by molar-refractivity contribution is 8.03. The highest BCUT2D eigenvalue weighted by atomic mass is 32.2. The lowest BCUT2D eigenvalue weighted by molar-refractivity contribution is -0.124. The number of hydrogen-bond donors (Lipinski definition) is 2. The number of anilines is 1. The molecule has 0 bridgehead atoms. The molecule has 0 saturated carbocycles. The van der Waals surface area contributed by atoms with E-state index in [0.717, 1.165) is 11.6 Å². The van der Waals surface area contributed by atoms with Crippen LogP contribution in [0.3, 0.4) is 0 Å². The van der Waals surface area contributed by atoms with Crippen molar-refractivity contribution in [2.24, 2.45) is 0 Å². The van der Waals surface area contributed by atoms with Crippen molar-refractivity contribution in [3.8, 4) is 0 Å². The first kappa shape index (κ1) is 16.1. The van der Waals surface area contributed by atoms with Crippen molar-refractivity contribution in [3.63, 3.8) is 0 Å². The van der Waals surface area contributed by atoms with Gasteiger partial charge in [-0.25, -0.2) is 4.79 Å². The Balaban J connectivity index is 1.75. The fourth-order valence-corrected chi connectivity index (χ4v) is 3.56. The fraction of sp³-hybridized carbons (Fsp3) is 0.118. The van der Waals surface area contributed by atoms with E-state index in [1.807, 2.05) is 28.8 Å². The van der Waals surface area contributed by atoms with E-state index >= 15 is 0 Å². The first-order chi connectivity index (χ1) is 11.6. The lowest BCUT2D eigenvalue weighted by Gasteiger charge is -2.17. The summed E-state index contributed by atoms with van der Waals surface area (Å²) in [4.78, 5) is 37.6. The van der Waals surface area contributed by atoms with Crippen LogP contribution in [-0.4, -0.2) is 24.4 Å².